The average Bonchev–Trinajstić information content (AvgIpc) is 2.97. The van der Waals surface area contributed by atoms with E-state index in [1.807, 2.05) is 55.5 Å². The number of benzene rings is 4. The first-order valence-electron chi connectivity index (χ1n) is 12.8. The first-order valence-corrected chi connectivity index (χ1v) is 12.8. The van der Waals surface area contributed by atoms with E-state index in [4.69, 9.17) is 23.7 Å². The standard InChI is InChI=1S/C32H34O5/c1-23(34-20-24-11-5-3-6-12-24)30(35-21-25-17-18-26-13-9-10-16-28(26)19-25)31-29(33-2)22-36-32(37-31)27-14-7-4-8-15-27/h3-19,23,29-32H,20-22H2,1-2H3. The van der Waals surface area contributed by atoms with Gasteiger partial charge in [-0.3, -0.25) is 0 Å². The highest BCUT2D eigenvalue weighted by Crippen LogP contribution is 2.32. The van der Waals surface area contributed by atoms with Crippen LogP contribution in [-0.4, -0.2) is 38.1 Å². The fraction of sp³-hybridized carbons (Fsp3) is 0.312. The normalized spacial score (nSPS) is 21.5. The van der Waals surface area contributed by atoms with Crippen LogP contribution in [0.1, 0.15) is 29.9 Å². The van der Waals surface area contributed by atoms with Crippen LogP contribution in [0.2, 0.25) is 0 Å². The van der Waals surface area contributed by atoms with Crippen molar-refractivity contribution >= 4 is 10.8 Å². The summed E-state index contributed by atoms with van der Waals surface area (Å²) in [5.41, 5.74) is 3.17. The van der Waals surface area contributed by atoms with E-state index in [1.54, 1.807) is 7.11 Å². The van der Waals surface area contributed by atoms with Crippen LogP contribution < -0.4 is 0 Å². The Morgan fingerprint density at radius 3 is 2.19 bits per heavy atom. The third-order valence-electron chi connectivity index (χ3n) is 6.83. The molecular formula is C32H34O5. The van der Waals surface area contributed by atoms with Crippen molar-refractivity contribution in [3.8, 4) is 0 Å². The molecule has 1 aliphatic heterocycles. The fourth-order valence-electron chi connectivity index (χ4n) is 4.74. The lowest BCUT2D eigenvalue weighted by molar-refractivity contribution is -0.294. The largest absolute Gasteiger partial charge is 0.376 e. The van der Waals surface area contributed by atoms with Gasteiger partial charge in [0.2, 0.25) is 0 Å². The maximum atomic E-state index is 6.60. The summed E-state index contributed by atoms with van der Waals surface area (Å²) in [6.45, 7) is 3.36. The zero-order chi connectivity index (χ0) is 25.5. The number of hydrogen-bond acceptors (Lipinski definition) is 5. The van der Waals surface area contributed by atoms with Crippen LogP contribution >= 0.6 is 0 Å². The monoisotopic (exact) mass is 498 g/mol. The van der Waals surface area contributed by atoms with E-state index in [-0.39, 0.29) is 24.4 Å². The van der Waals surface area contributed by atoms with E-state index in [1.165, 1.54) is 10.8 Å². The van der Waals surface area contributed by atoms with Gasteiger partial charge in [0.15, 0.2) is 6.29 Å². The number of hydrogen-bond donors (Lipinski definition) is 0. The van der Waals surface area contributed by atoms with Crippen molar-refractivity contribution < 1.29 is 23.7 Å². The van der Waals surface area contributed by atoms with Crippen molar-refractivity contribution in [2.24, 2.45) is 0 Å². The molecule has 0 spiro atoms. The van der Waals surface area contributed by atoms with Gasteiger partial charge >= 0.3 is 0 Å². The van der Waals surface area contributed by atoms with Gasteiger partial charge in [0, 0.05) is 12.7 Å². The minimum Gasteiger partial charge on any atom is -0.376 e. The molecule has 1 aliphatic rings. The van der Waals surface area contributed by atoms with Gasteiger partial charge < -0.3 is 23.7 Å². The van der Waals surface area contributed by atoms with E-state index in [0.717, 1.165) is 16.7 Å². The highest BCUT2D eigenvalue weighted by atomic mass is 16.7. The summed E-state index contributed by atoms with van der Waals surface area (Å²) >= 11 is 0. The molecule has 1 heterocycles. The Morgan fingerprint density at radius 2 is 1.43 bits per heavy atom. The molecule has 4 aromatic rings. The van der Waals surface area contributed by atoms with Gasteiger partial charge in [0.05, 0.1) is 25.9 Å². The van der Waals surface area contributed by atoms with Crippen LogP contribution in [0, 0.1) is 0 Å². The number of ether oxygens (including phenoxy) is 5. The van der Waals surface area contributed by atoms with Gasteiger partial charge in [-0.1, -0.05) is 97.1 Å². The number of fused-ring (bicyclic) bond motifs is 1. The number of methoxy groups -OCH3 is 1. The van der Waals surface area contributed by atoms with E-state index >= 15 is 0 Å². The summed E-state index contributed by atoms with van der Waals surface area (Å²) < 4.78 is 31.3. The second kappa shape index (κ2) is 12.5. The highest BCUT2D eigenvalue weighted by molar-refractivity contribution is 5.82. The van der Waals surface area contributed by atoms with Gasteiger partial charge in [0.1, 0.15) is 18.3 Å². The topological polar surface area (TPSA) is 46.2 Å². The summed E-state index contributed by atoms with van der Waals surface area (Å²) in [6, 6.07) is 34.9. The molecule has 37 heavy (non-hydrogen) atoms. The molecule has 192 valence electrons. The van der Waals surface area contributed by atoms with Gasteiger partial charge in [0.25, 0.3) is 0 Å². The molecule has 4 aromatic carbocycles. The van der Waals surface area contributed by atoms with Crippen molar-refractivity contribution in [3.63, 3.8) is 0 Å². The minimum absolute atomic E-state index is 0.252. The first kappa shape index (κ1) is 25.6. The van der Waals surface area contributed by atoms with Crippen LogP contribution in [0.15, 0.2) is 103 Å². The third-order valence-corrected chi connectivity index (χ3v) is 6.83. The summed E-state index contributed by atoms with van der Waals surface area (Å²) in [5.74, 6) is 0. The van der Waals surface area contributed by atoms with Crippen molar-refractivity contribution in [2.75, 3.05) is 13.7 Å². The van der Waals surface area contributed by atoms with Gasteiger partial charge in [-0.05, 0) is 34.9 Å². The van der Waals surface area contributed by atoms with Crippen LogP contribution in [0.4, 0.5) is 0 Å². The van der Waals surface area contributed by atoms with Crippen LogP contribution in [0.25, 0.3) is 10.8 Å². The maximum absolute atomic E-state index is 6.60. The lowest BCUT2D eigenvalue weighted by Gasteiger charge is -2.41. The zero-order valence-corrected chi connectivity index (χ0v) is 21.4. The van der Waals surface area contributed by atoms with Gasteiger partial charge in [-0.2, -0.15) is 0 Å². The molecule has 0 bridgehead atoms. The molecule has 5 rings (SSSR count). The minimum atomic E-state index is -0.495. The Bertz CT molecular complexity index is 1250. The summed E-state index contributed by atoms with van der Waals surface area (Å²) in [7, 11) is 1.68. The molecule has 0 aromatic heterocycles. The Labute approximate surface area is 218 Å². The number of rotatable bonds is 10. The van der Waals surface area contributed by atoms with Gasteiger partial charge in [-0.25, -0.2) is 0 Å². The summed E-state index contributed by atoms with van der Waals surface area (Å²) in [5, 5.41) is 2.40. The molecule has 5 atom stereocenters. The lowest BCUT2D eigenvalue weighted by Crippen LogP contribution is -2.53. The maximum Gasteiger partial charge on any atom is 0.184 e. The van der Waals surface area contributed by atoms with E-state index in [9.17, 15) is 0 Å². The summed E-state index contributed by atoms with van der Waals surface area (Å²) in [4.78, 5) is 0. The first-order chi connectivity index (χ1) is 18.2. The van der Waals surface area contributed by atoms with E-state index in [2.05, 4.69) is 54.6 Å². The molecule has 5 heteroatoms. The Hall–Kier alpha value is -3.06. The van der Waals surface area contributed by atoms with Crippen LogP contribution in [0.3, 0.4) is 0 Å². The Kier molecular flexibility index (Phi) is 8.61. The predicted molar refractivity (Wildman–Crippen MR) is 144 cm³/mol. The quantitative estimate of drug-likeness (QED) is 0.251. The predicted octanol–water partition coefficient (Wildman–Crippen LogP) is 6.46. The van der Waals surface area contributed by atoms with Crippen molar-refractivity contribution in [2.45, 2.75) is 50.8 Å². The fourth-order valence-corrected chi connectivity index (χ4v) is 4.74. The lowest BCUT2D eigenvalue weighted by atomic mass is 10.0. The Morgan fingerprint density at radius 1 is 0.757 bits per heavy atom. The van der Waals surface area contributed by atoms with Crippen LogP contribution in [-0.2, 0) is 36.9 Å². The zero-order valence-electron chi connectivity index (χ0n) is 21.4. The van der Waals surface area contributed by atoms with E-state index < -0.39 is 6.29 Å². The van der Waals surface area contributed by atoms with Crippen molar-refractivity contribution in [3.05, 3.63) is 120 Å². The van der Waals surface area contributed by atoms with Crippen molar-refractivity contribution in [1.29, 1.82) is 0 Å². The van der Waals surface area contributed by atoms with Crippen molar-refractivity contribution in [1.82, 2.24) is 0 Å². The second-order valence-corrected chi connectivity index (χ2v) is 9.41. The van der Waals surface area contributed by atoms with E-state index in [0.29, 0.717) is 19.8 Å². The molecule has 1 saturated heterocycles. The molecule has 1 fully saturated rings. The Balaban J connectivity index is 1.37. The summed E-state index contributed by atoms with van der Waals surface area (Å²) in [6.07, 6.45) is -1.79. The molecular weight excluding hydrogens is 464 g/mol. The molecule has 5 nitrogen and oxygen atoms in total. The molecule has 0 amide bonds. The second-order valence-electron chi connectivity index (χ2n) is 9.41. The van der Waals surface area contributed by atoms with Crippen LogP contribution in [0.5, 0.6) is 0 Å². The average molecular weight is 499 g/mol. The van der Waals surface area contributed by atoms with Gasteiger partial charge in [-0.15, -0.1) is 0 Å². The molecule has 0 aliphatic carbocycles. The highest BCUT2D eigenvalue weighted by Gasteiger charge is 2.41. The molecule has 0 N–H and O–H groups in total. The SMILES string of the molecule is COC1COC(c2ccccc2)OC1C(OCc1ccc2ccccc2c1)C(C)OCc1ccccc1. The molecule has 5 unspecified atom stereocenters. The molecule has 0 radical (unpaired) electrons. The third kappa shape index (κ3) is 6.45. The smallest absolute Gasteiger partial charge is 0.184 e. The molecule has 0 saturated carbocycles.